The molecule has 0 N–H and O–H groups in total. The van der Waals surface area contributed by atoms with Crippen LogP contribution < -0.4 is 0 Å². The molecule has 1 spiro atoms. The largest absolute Gasteiger partial charge is 0.544 e. The highest BCUT2D eigenvalue weighted by Gasteiger charge is 2.58. The van der Waals surface area contributed by atoms with E-state index in [1.165, 1.54) is 12.0 Å². The molecule has 1 saturated heterocycles. The smallest absolute Gasteiger partial charge is 0.250 e. The van der Waals surface area contributed by atoms with Crippen molar-refractivity contribution in [3.63, 3.8) is 0 Å². The van der Waals surface area contributed by atoms with E-state index in [4.69, 9.17) is 13.9 Å². The molecule has 1 heterocycles. The van der Waals surface area contributed by atoms with Crippen molar-refractivity contribution >= 4 is 8.32 Å². The molecule has 2 rings (SSSR count). The van der Waals surface area contributed by atoms with Crippen molar-refractivity contribution < 1.29 is 13.9 Å². The fourth-order valence-corrected chi connectivity index (χ4v) is 5.82. The summed E-state index contributed by atoms with van der Waals surface area (Å²) in [6.07, 6.45) is 7.55. The van der Waals surface area contributed by atoms with Gasteiger partial charge in [0.05, 0.1) is 19.0 Å². The van der Waals surface area contributed by atoms with Crippen LogP contribution in [0, 0.1) is 11.3 Å². The van der Waals surface area contributed by atoms with Gasteiger partial charge in [-0.3, -0.25) is 0 Å². The predicted octanol–water partition coefficient (Wildman–Crippen LogP) is 7.37. The van der Waals surface area contributed by atoms with Crippen LogP contribution in [0.15, 0.2) is 36.1 Å². The molecule has 29 heavy (non-hydrogen) atoms. The second-order valence-electron chi connectivity index (χ2n) is 10.9. The summed E-state index contributed by atoms with van der Waals surface area (Å²) in [5.74, 6) is 0.797. The first-order valence-corrected chi connectivity index (χ1v) is 14.1. The lowest BCUT2D eigenvalue weighted by Gasteiger charge is -2.53. The third-order valence-corrected chi connectivity index (χ3v) is 12.1. The minimum Gasteiger partial charge on any atom is -0.544 e. The quantitative estimate of drug-likeness (QED) is 0.186. The van der Waals surface area contributed by atoms with E-state index in [9.17, 15) is 0 Å². The first kappa shape index (κ1) is 24.4. The lowest BCUT2D eigenvalue weighted by Crippen LogP contribution is -2.54. The van der Waals surface area contributed by atoms with Crippen molar-refractivity contribution in [3.05, 3.63) is 36.1 Å². The van der Waals surface area contributed by atoms with Crippen LogP contribution in [0.2, 0.25) is 18.1 Å². The Labute approximate surface area is 180 Å². The average Bonchev–Trinajstić information content (AvgIpc) is 3.06. The third kappa shape index (κ3) is 4.91. The van der Waals surface area contributed by atoms with Gasteiger partial charge in [0.25, 0.3) is 0 Å². The van der Waals surface area contributed by atoms with Gasteiger partial charge in [-0.1, -0.05) is 52.5 Å². The molecule has 0 amide bonds. The van der Waals surface area contributed by atoms with E-state index in [1.54, 1.807) is 0 Å². The normalized spacial score (nSPS) is 27.9. The number of hydrogen-bond donors (Lipinski definition) is 0. The van der Waals surface area contributed by atoms with Crippen LogP contribution in [0.4, 0.5) is 0 Å². The summed E-state index contributed by atoms with van der Waals surface area (Å²) in [5, 5.41) is 0.171. The molecule has 0 bridgehead atoms. The molecule has 1 aliphatic heterocycles. The molecule has 166 valence electrons. The molecule has 0 aromatic heterocycles. The second-order valence-corrected chi connectivity index (χ2v) is 15.6. The predicted molar refractivity (Wildman–Crippen MR) is 125 cm³/mol. The zero-order chi connectivity index (χ0) is 22.1. The summed E-state index contributed by atoms with van der Waals surface area (Å²) in [6, 6.07) is 0. The van der Waals surface area contributed by atoms with Gasteiger partial charge in [-0.15, -0.1) is 0 Å². The summed E-state index contributed by atoms with van der Waals surface area (Å²) in [7, 11) is -1.86. The lowest BCUT2D eigenvalue weighted by atomic mass is 9.59. The van der Waals surface area contributed by atoms with Crippen LogP contribution in [-0.2, 0) is 13.9 Å². The first-order valence-electron chi connectivity index (χ1n) is 11.2. The van der Waals surface area contributed by atoms with Gasteiger partial charge in [-0.2, -0.15) is 0 Å². The monoisotopic (exact) mass is 420 g/mol. The number of allylic oxidation sites excluding steroid dienone is 3. The van der Waals surface area contributed by atoms with Gasteiger partial charge in [-0.05, 0) is 69.2 Å². The van der Waals surface area contributed by atoms with Crippen LogP contribution in [0.25, 0.3) is 0 Å². The lowest BCUT2D eigenvalue weighted by molar-refractivity contribution is -0.265. The summed E-state index contributed by atoms with van der Waals surface area (Å²) >= 11 is 0. The molecule has 0 aromatic rings. The summed E-state index contributed by atoms with van der Waals surface area (Å²) in [5.41, 5.74) is 2.33. The molecular weight excluding hydrogens is 376 g/mol. The Balaban J connectivity index is 2.12. The second kappa shape index (κ2) is 8.72. The molecule has 2 atom stereocenters. The zero-order valence-corrected chi connectivity index (χ0v) is 21.2. The van der Waals surface area contributed by atoms with E-state index < -0.39 is 14.1 Å². The van der Waals surface area contributed by atoms with E-state index >= 15 is 0 Å². The molecule has 2 fully saturated rings. The molecule has 1 saturated carbocycles. The van der Waals surface area contributed by atoms with Crippen molar-refractivity contribution in [2.24, 2.45) is 11.3 Å². The molecule has 3 nitrogen and oxygen atoms in total. The van der Waals surface area contributed by atoms with Gasteiger partial charge < -0.3 is 13.9 Å². The molecule has 0 unspecified atom stereocenters. The highest BCUT2D eigenvalue weighted by molar-refractivity contribution is 6.74. The summed E-state index contributed by atoms with van der Waals surface area (Å²) in [6.45, 7) is 27.9. The molecule has 4 heteroatoms. The average molecular weight is 421 g/mol. The summed E-state index contributed by atoms with van der Waals surface area (Å²) in [4.78, 5) is 0. The number of hydrogen-bond acceptors (Lipinski definition) is 3. The van der Waals surface area contributed by atoms with Gasteiger partial charge >= 0.3 is 0 Å². The van der Waals surface area contributed by atoms with Crippen molar-refractivity contribution in [3.8, 4) is 0 Å². The molecule has 0 aromatic carbocycles. The highest BCUT2D eigenvalue weighted by atomic mass is 28.4. The van der Waals surface area contributed by atoms with Gasteiger partial charge in [0.15, 0.2) is 5.79 Å². The SMILES string of the molecule is C=C(O[Si](C)(C)C(C)(C)C)/C(C)=C/CC[C@]1(C)[C@@H](C(=C)C)CCCC12OCCO2. The van der Waals surface area contributed by atoms with E-state index in [0.29, 0.717) is 19.1 Å². The van der Waals surface area contributed by atoms with Crippen LogP contribution >= 0.6 is 0 Å². The number of rotatable bonds is 7. The third-order valence-electron chi connectivity index (χ3n) is 7.73. The van der Waals surface area contributed by atoms with Gasteiger partial charge in [0.1, 0.15) is 0 Å². The minimum absolute atomic E-state index is 0.0635. The first-order chi connectivity index (χ1) is 13.3. The minimum atomic E-state index is -1.86. The Bertz CT molecular complexity index is 649. The van der Waals surface area contributed by atoms with Gasteiger partial charge in [-0.25, -0.2) is 0 Å². The Morgan fingerprint density at radius 1 is 1.17 bits per heavy atom. The molecular formula is C25H44O3Si. The highest BCUT2D eigenvalue weighted by Crippen LogP contribution is 2.56. The van der Waals surface area contributed by atoms with E-state index in [2.05, 4.69) is 73.9 Å². The topological polar surface area (TPSA) is 27.7 Å². The van der Waals surface area contributed by atoms with Crippen molar-refractivity contribution in [2.45, 2.75) is 97.6 Å². The Morgan fingerprint density at radius 2 is 1.76 bits per heavy atom. The van der Waals surface area contributed by atoms with E-state index in [0.717, 1.165) is 37.0 Å². The maximum Gasteiger partial charge on any atom is 0.250 e. The molecule has 0 radical (unpaired) electrons. The maximum absolute atomic E-state index is 6.40. The zero-order valence-electron chi connectivity index (χ0n) is 20.2. The van der Waals surface area contributed by atoms with Gasteiger partial charge in [0.2, 0.25) is 8.32 Å². The standard InChI is InChI=1S/C25H44O3Si/c1-19(2)22-14-12-16-25(26-17-18-27-25)24(22,8)15-11-13-20(3)21(4)28-29(9,10)23(5,6)7/h13,22H,1,4,11-12,14-18H2,2-3,5-10H3/b20-13+/t22-,24-/m1/s1. The Hall–Kier alpha value is -0.843. The number of ether oxygens (including phenoxy) is 2. The van der Waals surface area contributed by atoms with Crippen LogP contribution in [0.5, 0.6) is 0 Å². The van der Waals surface area contributed by atoms with Crippen molar-refractivity contribution in [2.75, 3.05) is 13.2 Å². The van der Waals surface area contributed by atoms with Crippen molar-refractivity contribution in [1.82, 2.24) is 0 Å². The van der Waals surface area contributed by atoms with Crippen LogP contribution in [0.3, 0.4) is 0 Å². The summed E-state index contributed by atoms with van der Waals surface area (Å²) < 4.78 is 18.9. The van der Waals surface area contributed by atoms with Crippen molar-refractivity contribution in [1.29, 1.82) is 0 Å². The van der Waals surface area contributed by atoms with Crippen LogP contribution in [0.1, 0.15) is 73.6 Å². The maximum atomic E-state index is 6.40. The van der Waals surface area contributed by atoms with E-state index in [1.807, 2.05) is 0 Å². The Kier molecular flexibility index (Phi) is 7.35. The van der Waals surface area contributed by atoms with Gasteiger partial charge in [0, 0.05) is 11.8 Å². The molecule has 1 aliphatic carbocycles. The van der Waals surface area contributed by atoms with Crippen LogP contribution in [-0.4, -0.2) is 27.3 Å². The Morgan fingerprint density at radius 3 is 2.28 bits per heavy atom. The molecule has 2 aliphatic rings. The fraction of sp³-hybridized carbons (Fsp3) is 0.760. The fourth-order valence-electron chi connectivity index (χ4n) is 4.74. The van der Waals surface area contributed by atoms with E-state index in [-0.39, 0.29) is 10.5 Å².